The van der Waals surface area contributed by atoms with Crippen LogP contribution in [0.5, 0.6) is 0 Å². The van der Waals surface area contributed by atoms with E-state index >= 15 is 0 Å². The fourth-order valence-electron chi connectivity index (χ4n) is 3.18. The average Bonchev–Trinajstić information content (AvgIpc) is 2.68. The van der Waals surface area contributed by atoms with Gasteiger partial charge in [0.2, 0.25) is 11.9 Å². The summed E-state index contributed by atoms with van der Waals surface area (Å²) >= 11 is 0. The van der Waals surface area contributed by atoms with Gasteiger partial charge in [0.1, 0.15) is 0 Å². The summed E-state index contributed by atoms with van der Waals surface area (Å²) < 4.78 is 0. The molecule has 0 spiro atoms. The third-order valence-electron chi connectivity index (χ3n) is 4.60. The van der Waals surface area contributed by atoms with E-state index in [1.54, 1.807) is 18.6 Å². The minimum atomic E-state index is -0.0183. The number of hydrogen-bond donors (Lipinski definition) is 1. The zero-order chi connectivity index (χ0) is 18.4. The third-order valence-corrected chi connectivity index (χ3v) is 4.60. The van der Waals surface area contributed by atoms with Gasteiger partial charge in [-0.05, 0) is 23.6 Å². The molecular formula is C19H26N6O. The summed E-state index contributed by atoms with van der Waals surface area (Å²) in [5.41, 5.74) is 1.04. The van der Waals surface area contributed by atoms with Crippen molar-refractivity contribution >= 4 is 11.9 Å². The van der Waals surface area contributed by atoms with Gasteiger partial charge in [-0.2, -0.15) is 0 Å². The van der Waals surface area contributed by atoms with Crippen LogP contribution in [-0.2, 0) is 4.79 Å². The van der Waals surface area contributed by atoms with Crippen LogP contribution in [0.15, 0.2) is 43.0 Å². The summed E-state index contributed by atoms with van der Waals surface area (Å²) in [5.74, 6) is 1.11. The Morgan fingerprint density at radius 2 is 1.85 bits per heavy atom. The number of hydrogen-bond acceptors (Lipinski definition) is 6. The van der Waals surface area contributed by atoms with Crippen molar-refractivity contribution in [3.05, 3.63) is 48.5 Å². The first-order valence-electron chi connectivity index (χ1n) is 9.07. The SMILES string of the molecule is CC(C)[C@@H](NC(=O)CN1CCN(c2ncccn2)CC1)c1cccnc1. The standard InChI is InChI=1S/C19H26N6O/c1-15(2)18(16-5-3-6-20-13-16)23-17(26)14-24-9-11-25(12-10-24)19-21-7-4-8-22-19/h3-8,13,15,18H,9-12,14H2,1-2H3,(H,23,26)/t18-/m1/s1. The number of anilines is 1. The summed E-state index contributed by atoms with van der Waals surface area (Å²) in [6, 6.07) is 5.71. The monoisotopic (exact) mass is 354 g/mol. The molecule has 26 heavy (non-hydrogen) atoms. The van der Waals surface area contributed by atoms with E-state index in [2.05, 4.69) is 43.9 Å². The highest BCUT2D eigenvalue weighted by Crippen LogP contribution is 2.20. The molecule has 3 heterocycles. The van der Waals surface area contributed by atoms with Gasteiger partial charge in [-0.15, -0.1) is 0 Å². The van der Waals surface area contributed by atoms with Gasteiger partial charge in [0, 0.05) is 51.0 Å². The Morgan fingerprint density at radius 3 is 2.46 bits per heavy atom. The molecule has 0 aromatic carbocycles. The number of pyridine rings is 1. The molecule has 2 aromatic heterocycles. The van der Waals surface area contributed by atoms with Gasteiger partial charge in [-0.25, -0.2) is 9.97 Å². The predicted molar refractivity (Wildman–Crippen MR) is 101 cm³/mol. The molecule has 1 amide bonds. The van der Waals surface area contributed by atoms with Crippen molar-refractivity contribution < 1.29 is 4.79 Å². The Morgan fingerprint density at radius 1 is 1.12 bits per heavy atom. The zero-order valence-electron chi connectivity index (χ0n) is 15.4. The van der Waals surface area contributed by atoms with E-state index in [1.807, 2.05) is 24.4 Å². The fraction of sp³-hybridized carbons (Fsp3) is 0.474. The number of carbonyl (C=O) groups excluding carboxylic acids is 1. The van der Waals surface area contributed by atoms with Gasteiger partial charge in [0.15, 0.2) is 0 Å². The Hall–Kier alpha value is -2.54. The van der Waals surface area contributed by atoms with Crippen molar-refractivity contribution in [2.24, 2.45) is 5.92 Å². The second-order valence-corrected chi connectivity index (χ2v) is 6.89. The summed E-state index contributed by atoms with van der Waals surface area (Å²) in [5, 5.41) is 3.16. The molecule has 138 valence electrons. The first-order chi connectivity index (χ1) is 12.6. The number of nitrogens with zero attached hydrogens (tertiary/aromatic N) is 5. The van der Waals surface area contributed by atoms with Crippen LogP contribution < -0.4 is 10.2 Å². The van der Waals surface area contributed by atoms with E-state index < -0.39 is 0 Å². The highest BCUT2D eigenvalue weighted by atomic mass is 16.2. The lowest BCUT2D eigenvalue weighted by Gasteiger charge is -2.34. The quantitative estimate of drug-likeness (QED) is 0.848. The van der Waals surface area contributed by atoms with Crippen LogP contribution in [0.3, 0.4) is 0 Å². The molecule has 3 rings (SSSR count). The molecule has 1 aliphatic heterocycles. The van der Waals surface area contributed by atoms with Gasteiger partial charge in [-0.1, -0.05) is 19.9 Å². The molecule has 7 heteroatoms. The van der Waals surface area contributed by atoms with Crippen LogP contribution >= 0.6 is 0 Å². The zero-order valence-corrected chi connectivity index (χ0v) is 15.4. The molecule has 0 unspecified atom stereocenters. The van der Waals surface area contributed by atoms with Crippen molar-refractivity contribution in [2.45, 2.75) is 19.9 Å². The molecule has 1 aliphatic rings. The van der Waals surface area contributed by atoms with Crippen LogP contribution in [0.25, 0.3) is 0 Å². The van der Waals surface area contributed by atoms with E-state index in [0.717, 1.165) is 37.7 Å². The normalized spacial score (nSPS) is 16.5. The molecule has 0 radical (unpaired) electrons. The van der Waals surface area contributed by atoms with Crippen LogP contribution in [0, 0.1) is 5.92 Å². The van der Waals surface area contributed by atoms with Gasteiger partial charge in [-0.3, -0.25) is 14.7 Å². The predicted octanol–water partition coefficient (Wildman–Crippen LogP) is 1.51. The Balaban J connectivity index is 1.51. The highest BCUT2D eigenvalue weighted by molar-refractivity contribution is 5.78. The van der Waals surface area contributed by atoms with Crippen molar-refractivity contribution in [3.63, 3.8) is 0 Å². The highest BCUT2D eigenvalue weighted by Gasteiger charge is 2.23. The minimum absolute atomic E-state index is 0.0183. The van der Waals surface area contributed by atoms with Crippen LogP contribution in [0.1, 0.15) is 25.5 Å². The second-order valence-electron chi connectivity index (χ2n) is 6.89. The van der Waals surface area contributed by atoms with Crippen molar-refractivity contribution in [1.82, 2.24) is 25.2 Å². The van der Waals surface area contributed by atoms with E-state index in [9.17, 15) is 4.79 Å². The van der Waals surface area contributed by atoms with E-state index in [-0.39, 0.29) is 11.9 Å². The second kappa shape index (κ2) is 8.71. The van der Waals surface area contributed by atoms with Gasteiger partial charge in [0.25, 0.3) is 0 Å². The summed E-state index contributed by atoms with van der Waals surface area (Å²) in [6.45, 7) is 7.93. The summed E-state index contributed by atoms with van der Waals surface area (Å²) in [4.78, 5) is 29.6. The smallest absolute Gasteiger partial charge is 0.234 e. The Labute approximate surface area is 154 Å². The van der Waals surface area contributed by atoms with E-state index in [4.69, 9.17) is 0 Å². The maximum Gasteiger partial charge on any atom is 0.234 e. The maximum atomic E-state index is 12.5. The third kappa shape index (κ3) is 4.76. The Kier molecular flexibility index (Phi) is 6.12. The number of carbonyl (C=O) groups is 1. The number of amides is 1. The molecule has 1 N–H and O–H groups in total. The lowest BCUT2D eigenvalue weighted by atomic mass is 9.97. The molecule has 7 nitrogen and oxygen atoms in total. The van der Waals surface area contributed by atoms with Gasteiger partial charge < -0.3 is 10.2 Å². The van der Waals surface area contributed by atoms with Crippen LogP contribution in [0.2, 0.25) is 0 Å². The van der Waals surface area contributed by atoms with Crippen molar-refractivity contribution in [1.29, 1.82) is 0 Å². The molecule has 0 aliphatic carbocycles. The van der Waals surface area contributed by atoms with E-state index in [1.165, 1.54) is 0 Å². The molecule has 1 fully saturated rings. The molecule has 1 atom stereocenters. The first kappa shape index (κ1) is 18.3. The van der Waals surface area contributed by atoms with Crippen LogP contribution in [0.4, 0.5) is 5.95 Å². The molecule has 0 bridgehead atoms. The fourth-order valence-corrected chi connectivity index (χ4v) is 3.18. The minimum Gasteiger partial charge on any atom is -0.348 e. The maximum absolute atomic E-state index is 12.5. The Bertz CT molecular complexity index is 686. The average molecular weight is 354 g/mol. The summed E-state index contributed by atoms with van der Waals surface area (Å²) in [6.07, 6.45) is 7.08. The number of aromatic nitrogens is 3. The molecule has 0 saturated carbocycles. The largest absolute Gasteiger partial charge is 0.348 e. The van der Waals surface area contributed by atoms with Crippen molar-refractivity contribution in [2.75, 3.05) is 37.6 Å². The number of rotatable bonds is 6. The molecule has 1 saturated heterocycles. The molecule has 2 aromatic rings. The lowest BCUT2D eigenvalue weighted by molar-refractivity contribution is -0.123. The van der Waals surface area contributed by atoms with E-state index in [0.29, 0.717) is 12.5 Å². The molecular weight excluding hydrogens is 328 g/mol. The number of piperazine rings is 1. The van der Waals surface area contributed by atoms with Crippen molar-refractivity contribution in [3.8, 4) is 0 Å². The van der Waals surface area contributed by atoms with Gasteiger partial charge >= 0.3 is 0 Å². The first-order valence-corrected chi connectivity index (χ1v) is 9.07. The topological polar surface area (TPSA) is 74.2 Å². The lowest BCUT2D eigenvalue weighted by Crippen LogP contribution is -2.50. The van der Waals surface area contributed by atoms with Gasteiger partial charge in [0.05, 0.1) is 12.6 Å². The summed E-state index contributed by atoms with van der Waals surface area (Å²) in [7, 11) is 0. The number of nitrogens with one attached hydrogen (secondary N) is 1. The van der Waals surface area contributed by atoms with Crippen LogP contribution in [-0.4, -0.2) is 58.5 Å².